The third-order valence-corrected chi connectivity index (χ3v) is 3.94. The number of thioether (sulfide) groups is 1. The van der Waals surface area contributed by atoms with Crippen LogP contribution in [0.2, 0.25) is 0 Å². The number of amidine groups is 2. The maximum Gasteiger partial charge on any atom is 0.190 e. The van der Waals surface area contributed by atoms with E-state index in [0.717, 1.165) is 35.5 Å². The molecular weight excluding hydrogens is 242 g/mol. The Balaban J connectivity index is 2.21. The Bertz CT molecular complexity index is 476. The highest BCUT2D eigenvalue weighted by atomic mass is 32.2. The summed E-state index contributed by atoms with van der Waals surface area (Å²) in [4.78, 5) is 11.5. The lowest BCUT2D eigenvalue weighted by Crippen LogP contribution is -2.28. The molecule has 0 spiro atoms. The van der Waals surface area contributed by atoms with E-state index in [0.29, 0.717) is 0 Å². The van der Waals surface area contributed by atoms with Crippen molar-refractivity contribution in [2.75, 3.05) is 13.1 Å². The van der Waals surface area contributed by atoms with Crippen molar-refractivity contribution in [2.45, 2.75) is 26.5 Å². The van der Waals surface area contributed by atoms with E-state index in [9.17, 15) is 0 Å². The smallest absolute Gasteiger partial charge is 0.190 e. The van der Waals surface area contributed by atoms with Crippen molar-refractivity contribution in [1.29, 1.82) is 0 Å². The number of aliphatic imine (C=N–C) groups is 2. The number of para-hydroxylation sites is 1. The van der Waals surface area contributed by atoms with Crippen LogP contribution in [0.4, 0.5) is 5.69 Å². The number of hydrogen-bond donors (Lipinski definition) is 0. The SMILES string of the molecule is CCN(CC)C(C)=NC1=Nc2ccccc2CS1. The molecule has 0 fully saturated rings. The Morgan fingerprint density at radius 2 is 2.06 bits per heavy atom. The summed E-state index contributed by atoms with van der Waals surface area (Å²) in [5.74, 6) is 2.01. The Morgan fingerprint density at radius 1 is 1.33 bits per heavy atom. The Kier molecular flexibility index (Phi) is 4.42. The van der Waals surface area contributed by atoms with Gasteiger partial charge in [0, 0.05) is 18.8 Å². The van der Waals surface area contributed by atoms with Crippen LogP contribution in [-0.4, -0.2) is 29.0 Å². The second kappa shape index (κ2) is 6.05. The van der Waals surface area contributed by atoms with Gasteiger partial charge in [0.2, 0.25) is 0 Å². The van der Waals surface area contributed by atoms with Crippen LogP contribution >= 0.6 is 11.8 Å². The molecule has 0 bridgehead atoms. The molecule has 0 saturated heterocycles. The molecular formula is C14H19N3S. The first-order valence-electron chi connectivity index (χ1n) is 6.34. The van der Waals surface area contributed by atoms with Crippen molar-refractivity contribution in [3.05, 3.63) is 29.8 Å². The average molecular weight is 261 g/mol. The van der Waals surface area contributed by atoms with Crippen LogP contribution in [0.15, 0.2) is 34.3 Å². The molecule has 1 aromatic carbocycles. The minimum Gasteiger partial charge on any atom is -0.361 e. The standard InChI is InChI=1S/C14H19N3S/c1-4-17(5-2)11(3)15-14-16-13-9-7-6-8-12(13)10-18-14/h6-9H,4-5,10H2,1-3H3. The minimum atomic E-state index is 0.873. The van der Waals surface area contributed by atoms with Crippen molar-refractivity contribution in [3.8, 4) is 0 Å². The highest BCUT2D eigenvalue weighted by Crippen LogP contribution is 2.30. The molecule has 1 aromatic rings. The lowest BCUT2D eigenvalue weighted by molar-refractivity contribution is 0.463. The van der Waals surface area contributed by atoms with Crippen LogP contribution in [0, 0.1) is 0 Å². The molecule has 0 atom stereocenters. The fourth-order valence-corrected chi connectivity index (χ4v) is 2.86. The molecule has 1 aliphatic heterocycles. The average Bonchev–Trinajstić information content (AvgIpc) is 2.40. The third kappa shape index (κ3) is 2.93. The van der Waals surface area contributed by atoms with E-state index in [1.54, 1.807) is 11.8 Å². The molecule has 1 heterocycles. The van der Waals surface area contributed by atoms with E-state index in [1.165, 1.54) is 5.56 Å². The Labute approximate surface area is 113 Å². The molecule has 3 nitrogen and oxygen atoms in total. The van der Waals surface area contributed by atoms with Gasteiger partial charge in [-0.05, 0) is 32.4 Å². The maximum absolute atomic E-state index is 4.63. The third-order valence-electron chi connectivity index (χ3n) is 3.04. The predicted octanol–water partition coefficient (Wildman–Crippen LogP) is 3.68. The molecule has 0 aliphatic carbocycles. The highest BCUT2D eigenvalue weighted by molar-refractivity contribution is 8.13. The fraction of sp³-hybridized carbons (Fsp3) is 0.429. The number of rotatable bonds is 2. The van der Waals surface area contributed by atoms with Gasteiger partial charge in [0.15, 0.2) is 5.17 Å². The number of benzene rings is 1. The van der Waals surface area contributed by atoms with Gasteiger partial charge < -0.3 is 4.90 Å². The van der Waals surface area contributed by atoms with E-state index in [-0.39, 0.29) is 0 Å². The summed E-state index contributed by atoms with van der Waals surface area (Å²) in [7, 11) is 0. The van der Waals surface area contributed by atoms with E-state index in [4.69, 9.17) is 0 Å². The van der Waals surface area contributed by atoms with Gasteiger partial charge in [-0.3, -0.25) is 0 Å². The molecule has 0 saturated carbocycles. The molecule has 96 valence electrons. The van der Waals surface area contributed by atoms with Crippen molar-refractivity contribution in [1.82, 2.24) is 4.90 Å². The first-order chi connectivity index (χ1) is 8.74. The van der Waals surface area contributed by atoms with Crippen LogP contribution in [-0.2, 0) is 5.75 Å². The zero-order valence-corrected chi connectivity index (χ0v) is 12.0. The molecule has 0 unspecified atom stereocenters. The number of hydrogen-bond acceptors (Lipinski definition) is 3. The van der Waals surface area contributed by atoms with E-state index < -0.39 is 0 Å². The summed E-state index contributed by atoms with van der Waals surface area (Å²) in [5.41, 5.74) is 2.35. The van der Waals surface area contributed by atoms with Crippen LogP contribution in [0.1, 0.15) is 26.3 Å². The molecule has 0 radical (unpaired) electrons. The second-order valence-corrected chi connectivity index (χ2v) is 5.09. The molecule has 4 heteroatoms. The first kappa shape index (κ1) is 13.1. The summed E-state index contributed by atoms with van der Waals surface area (Å²) in [6, 6.07) is 8.27. The summed E-state index contributed by atoms with van der Waals surface area (Å²) in [5, 5.41) is 0.873. The summed E-state index contributed by atoms with van der Waals surface area (Å²) in [6.07, 6.45) is 0. The zero-order chi connectivity index (χ0) is 13.0. The quantitative estimate of drug-likeness (QED) is 0.600. The molecule has 0 N–H and O–H groups in total. The summed E-state index contributed by atoms with van der Waals surface area (Å²) < 4.78 is 0. The number of nitrogens with zero attached hydrogens (tertiary/aromatic N) is 3. The van der Waals surface area contributed by atoms with Crippen LogP contribution in [0.25, 0.3) is 0 Å². The highest BCUT2D eigenvalue weighted by Gasteiger charge is 2.12. The van der Waals surface area contributed by atoms with Crippen molar-refractivity contribution in [3.63, 3.8) is 0 Å². The van der Waals surface area contributed by atoms with Gasteiger partial charge in [0.25, 0.3) is 0 Å². The van der Waals surface area contributed by atoms with Crippen molar-refractivity contribution < 1.29 is 0 Å². The normalized spacial score (nSPS) is 15.1. The molecule has 1 aliphatic rings. The molecule has 0 amide bonds. The van der Waals surface area contributed by atoms with Gasteiger partial charge in [0.05, 0.1) is 5.69 Å². The predicted molar refractivity (Wildman–Crippen MR) is 80.9 cm³/mol. The second-order valence-electron chi connectivity index (χ2n) is 4.14. The van der Waals surface area contributed by atoms with Crippen molar-refractivity contribution in [2.24, 2.45) is 9.98 Å². The number of fused-ring (bicyclic) bond motifs is 1. The largest absolute Gasteiger partial charge is 0.361 e. The van der Waals surface area contributed by atoms with E-state index in [1.807, 2.05) is 6.07 Å². The van der Waals surface area contributed by atoms with Crippen LogP contribution < -0.4 is 0 Å². The fourth-order valence-electron chi connectivity index (χ4n) is 1.97. The summed E-state index contributed by atoms with van der Waals surface area (Å²) >= 11 is 1.71. The van der Waals surface area contributed by atoms with Gasteiger partial charge in [0.1, 0.15) is 5.84 Å². The van der Waals surface area contributed by atoms with Crippen LogP contribution in [0.3, 0.4) is 0 Å². The topological polar surface area (TPSA) is 28.0 Å². The maximum atomic E-state index is 4.63. The van der Waals surface area contributed by atoms with E-state index in [2.05, 4.69) is 53.9 Å². The van der Waals surface area contributed by atoms with Gasteiger partial charge in [-0.1, -0.05) is 30.0 Å². The first-order valence-corrected chi connectivity index (χ1v) is 7.32. The van der Waals surface area contributed by atoms with Gasteiger partial charge in [-0.25, -0.2) is 9.98 Å². The molecule has 18 heavy (non-hydrogen) atoms. The van der Waals surface area contributed by atoms with Gasteiger partial charge in [-0.2, -0.15) is 0 Å². The zero-order valence-electron chi connectivity index (χ0n) is 11.2. The van der Waals surface area contributed by atoms with E-state index >= 15 is 0 Å². The Hall–Kier alpha value is -1.29. The van der Waals surface area contributed by atoms with Gasteiger partial charge >= 0.3 is 0 Å². The molecule has 0 aromatic heterocycles. The summed E-state index contributed by atoms with van der Waals surface area (Å²) in [6.45, 7) is 8.32. The van der Waals surface area contributed by atoms with Crippen LogP contribution in [0.5, 0.6) is 0 Å². The molecule has 2 rings (SSSR count). The van der Waals surface area contributed by atoms with Crippen molar-refractivity contribution >= 4 is 28.5 Å². The lowest BCUT2D eigenvalue weighted by Gasteiger charge is -2.21. The Morgan fingerprint density at radius 3 is 2.78 bits per heavy atom. The minimum absolute atomic E-state index is 0.873. The van der Waals surface area contributed by atoms with Gasteiger partial charge in [-0.15, -0.1) is 0 Å². The lowest BCUT2D eigenvalue weighted by atomic mass is 10.2. The monoisotopic (exact) mass is 261 g/mol.